The molecular weight excluding hydrogens is 308 g/mol. The summed E-state index contributed by atoms with van der Waals surface area (Å²) in [4.78, 5) is 24.9. The third kappa shape index (κ3) is 1.71. The van der Waals surface area contributed by atoms with Crippen LogP contribution in [-0.4, -0.2) is 18.7 Å². The minimum absolute atomic E-state index is 0.148. The van der Waals surface area contributed by atoms with Gasteiger partial charge in [0, 0.05) is 21.2 Å². The number of hydrogen-bond acceptors (Lipinski definition) is 3. The molecule has 94 valence electrons. The van der Waals surface area contributed by atoms with Crippen LogP contribution in [0.5, 0.6) is 5.75 Å². The van der Waals surface area contributed by atoms with E-state index in [9.17, 15) is 9.59 Å². The smallest absolute Gasteiger partial charge is 0.198 e. The number of carbonyl (C=O) groups excluding carboxylic acids is 2. The Labute approximate surface area is 118 Å². The van der Waals surface area contributed by atoms with Crippen molar-refractivity contribution in [2.24, 2.45) is 0 Å². The van der Waals surface area contributed by atoms with Crippen LogP contribution in [0.3, 0.4) is 0 Å². The van der Waals surface area contributed by atoms with Gasteiger partial charge in [-0.05, 0) is 24.3 Å². The van der Waals surface area contributed by atoms with Gasteiger partial charge in [-0.3, -0.25) is 9.59 Å². The summed E-state index contributed by atoms with van der Waals surface area (Å²) in [6.45, 7) is 0. The van der Waals surface area contributed by atoms with Gasteiger partial charge in [-0.25, -0.2) is 0 Å². The van der Waals surface area contributed by atoms with Crippen molar-refractivity contribution in [3.63, 3.8) is 0 Å². The highest BCUT2D eigenvalue weighted by atomic mass is 79.9. The molecule has 0 radical (unpaired) electrons. The van der Waals surface area contributed by atoms with E-state index in [1.54, 1.807) is 36.4 Å². The molecule has 0 saturated carbocycles. The molecule has 1 aliphatic carbocycles. The molecule has 0 aliphatic heterocycles. The van der Waals surface area contributed by atoms with E-state index in [4.69, 9.17) is 4.74 Å². The van der Waals surface area contributed by atoms with Crippen molar-refractivity contribution >= 4 is 27.5 Å². The van der Waals surface area contributed by atoms with Crippen LogP contribution >= 0.6 is 15.9 Å². The summed E-state index contributed by atoms with van der Waals surface area (Å²) < 4.78 is 5.96. The lowest BCUT2D eigenvalue weighted by atomic mass is 9.84. The molecular formula is C15H9BrO3. The van der Waals surface area contributed by atoms with Crippen molar-refractivity contribution in [2.45, 2.75) is 0 Å². The second-order valence-corrected chi connectivity index (χ2v) is 5.15. The topological polar surface area (TPSA) is 43.4 Å². The van der Waals surface area contributed by atoms with Crippen molar-refractivity contribution in [3.8, 4) is 5.75 Å². The summed E-state index contributed by atoms with van der Waals surface area (Å²) >= 11 is 3.32. The molecule has 0 unspecified atom stereocenters. The van der Waals surface area contributed by atoms with Crippen molar-refractivity contribution in [1.82, 2.24) is 0 Å². The second kappa shape index (κ2) is 4.31. The van der Waals surface area contributed by atoms with Gasteiger partial charge < -0.3 is 4.74 Å². The summed E-state index contributed by atoms with van der Waals surface area (Å²) in [5, 5.41) is 0. The minimum Gasteiger partial charge on any atom is -0.496 e. The molecule has 1 aliphatic rings. The third-order valence-corrected chi connectivity index (χ3v) is 3.68. The summed E-state index contributed by atoms with van der Waals surface area (Å²) in [5.41, 5.74) is 1.60. The third-order valence-electron chi connectivity index (χ3n) is 3.19. The zero-order chi connectivity index (χ0) is 13.6. The first kappa shape index (κ1) is 12.1. The van der Waals surface area contributed by atoms with Crippen LogP contribution in [0.15, 0.2) is 40.9 Å². The van der Waals surface area contributed by atoms with Crippen LogP contribution in [-0.2, 0) is 0 Å². The van der Waals surface area contributed by atoms with E-state index < -0.39 is 0 Å². The highest BCUT2D eigenvalue weighted by Gasteiger charge is 2.32. The molecule has 0 atom stereocenters. The van der Waals surface area contributed by atoms with E-state index in [1.807, 2.05) is 0 Å². The predicted molar refractivity (Wildman–Crippen MR) is 74.0 cm³/mol. The van der Waals surface area contributed by atoms with Crippen LogP contribution in [0.2, 0.25) is 0 Å². The maximum Gasteiger partial charge on any atom is 0.198 e. The quantitative estimate of drug-likeness (QED) is 0.692. The first-order chi connectivity index (χ1) is 9.13. The molecule has 3 rings (SSSR count). The number of ether oxygens (including phenoxy) is 1. The van der Waals surface area contributed by atoms with Crippen LogP contribution in [0.25, 0.3) is 0 Å². The number of rotatable bonds is 1. The Balaban J connectivity index is 2.32. The monoisotopic (exact) mass is 316 g/mol. The Morgan fingerprint density at radius 3 is 2.47 bits per heavy atom. The number of halogens is 1. The van der Waals surface area contributed by atoms with Crippen molar-refractivity contribution in [3.05, 3.63) is 63.1 Å². The van der Waals surface area contributed by atoms with Crippen molar-refractivity contribution in [1.29, 1.82) is 0 Å². The molecule has 4 heteroatoms. The summed E-state index contributed by atoms with van der Waals surface area (Å²) in [6, 6.07) is 10.2. The standard InChI is InChI=1S/C15H9BrO3/c1-19-12-4-2-3-10-13(12)15(18)9-6-5-8(16)7-11(9)14(10)17/h2-7H,1H3. The number of carbonyl (C=O) groups is 2. The SMILES string of the molecule is COc1cccc2c1C(=O)c1ccc(Br)cc1C2=O. The first-order valence-corrected chi connectivity index (χ1v) is 6.48. The van der Waals surface area contributed by atoms with E-state index >= 15 is 0 Å². The summed E-state index contributed by atoms with van der Waals surface area (Å²) in [5.74, 6) is 0.115. The summed E-state index contributed by atoms with van der Waals surface area (Å²) in [6.07, 6.45) is 0. The van der Waals surface area contributed by atoms with Gasteiger partial charge in [0.1, 0.15) is 5.75 Å². The van der Waals surface area contributed by atoms with Crippen molar-refractivity contribution in [2.75, 3.05) is 7.11 Å². The van der Waals surface area contributed by atoms with E-state index in [0.29, 0.717) is 28.0 Å². The van der Waals surface area contributed by atoms with Crippen LogP contribution < -0.4 is 4.74 Å². The number of benzene rings is 2. The summed E-state index contributed by atoms with van der Waals surface area (Å²) in [7, 11) is 1.49. The van der Waals surface area contributed by atoms with Crippen molar-refractivity contribution < 1.29 is 14.3 Å². The number of methoxy groups -OCH3 is 1. The number of fused-ring (bicyclic) bond motifs is 2. The lowest BCUT2D eigenvalue weighted by Gasteiger charge is -2.19. The average molecular weight is 317 g/mol. The zero-order valence-corrected chi connectivity index (χ0v) is 11.7. The van der Waals surface area contributed by atoms with Gasteiger partial charge in [-0.1, -0.05) is 28.1 Å². The molecule has 3 nitrogen and oxygen atoms in total. The van der Waals surface area contributed by atoms with Gasteiger partial charge in [0.25, 0.3) is 0 Å². The molecule has 0 N–H and O–H groups in total. The largest absolute Gasteiger partial charge is 0.496 e. The Morgan fingerprint density at radius 1 is 0.947 bits per heavy atom. The lowest BCUT2D eigenvalue weighted by Crippen LogP contribution is -2.21. The lowest BCUT2D eigenvalue weighted by molar-refractivity contribution is 0.0976. The first-order valence-electron chi connectivity index (χ1n) is 5.69. The zero-order valence-electron chi connectivity index (χ0n) is 10.1. The van der Waals surface area contributed by atoms with E-state index in [1.165, 1.54) is 7.11 Å². The van der Waals surface area contributed by atoms with E-state index in [0.717, 1.165) is 4.47 Å². The van der Waals surface area contributed by atoms with E-state index in [-0.39, 0.29) is 11.6 Å². The normalized spacial score (nSPS) is 12.9. The van der Waals surface area contributed by atoms with Gasteiger partial charge in [0.05, 0.1) is 12.7 Å². The molecule has 0 spiro atoms. The minimum atomic E-state index is -0.172. The van der Waals surface area contributed by atoms with Crippen LogP contribution in [0, 0.1) is 0 Å². The van der Waals surface area contributed by atoms with Gasteiger partial charge in [0.2, 0.25) is 0 Å². The highest BCUT2D eigenvalue weighted by molar-refractivity contribution is 9.10. The molecule has 19 heavy (non-hydrogen) atoms. The van der Waals surface area contributed by atoms with Gasteiger partial charge >= 0.3 is 0 Å². The average Bonchev–Trinajstić information content (AvgIpc) is 2.43. The molecule has 2 aromatic carbocycles. The highest BCUT2D eigenvalue weighted by Crippen LogP contribution is 2.33. The Hall–Kier alpha value is -1.94. The Bertz CT molecular complexity index is 719. The fourth-order valence-corrected chi connectivity index (χ4v) is 2.67. The molecule has 0 fully saturated rings. The second-order valence-electron chi connectivity index (χ2n) is 4.23. The number of hydrogen-bond donors (Lipinski definition) is 0. The number of ketones is 2. The molecule has 0 amide bonds. The predicted octanol–water partition coefficient (Wildman–Crippen LogP) is 3.23. The maximum atomic E-state index is 12.5. The van der Waals surface area contributed by atoms with Gasteiger partial charge in [-0.2, -0.15) is 0 Å². The van der Waals surface area contributed by atoms with Crippen LogP contribution in [0.1, 0.15) is 31.8 Å². The fourth-order valence-electron chi connectivity index (χ4n) is 2.31. The van der Waals surface area contributed by atoms with Gasteiger partial charge in [-0.15, -0.1) is 0 Å². The molecule has 2 aromatic rings. The van der Waals surface area contributed by atoms with Crippen LogP contribution in [0.4, 0.5) is 0 Å². The molecule has 0 aromatic heterocycles. The molecule has 0 bridgehead atoms. The Morgan fingerprint density at radius 2 is 1.74 bits per heavy atom. The molecule has 0 heterocycles. The maximum absolute atomic E-state index is 12.5. The van der Waals surface area contributed by atoms with E-state index in [2.05, 4.69) is 15.9 Å². The van der Waals surface area contributed by atoms with Gasteiger partial charge in [0.15, 0.2) is 11.6 Å². The Kier molecular flexibility index (Phi) is 2.75. The fraction of sp³-hybridized carbons (Fsp3) is 0.0667. The molecule has 0 saturated heterocycles.